The van der Waals surface area contributed by atoms with Gasteiger partial charge in [-0.1, -0.05) is 65.1 Å². The summed E-state index contributed by atoms with van der Waals surface area (Å²) in [7, 11) is 0. The molecule has 1 N–H and O–H groups in total. The van der Waals surface area contributed by atoms with Gasteiger partial charge in [-0.05, 0) is 47.5 Å². The van der Waals surface area contributed by atoms with Crippen molar-refractivity contribution >= 4 is 57.9 Å². The number of benzene rings is 3. The van der Waals surface area contributed by atoms with Crippen molar-refractivity contribution in [3.63, 3.8) is 0 Å². The van der Waals surface area contributed by atoms with E-state index in [9.17, 15) is 4.79 Å². The Labute approximate surface area is 193 Å². The standard InChI is InChI=1S/C23H15Cl3N2O3/c24-17-7-5-14(6-8-17)13-30-22-18(25)9-15(10-19(22)26)12-27-28-23(29)21-11-16-3-1-2-4-20(16)31-21/h1-12H,13H2,(H,28,29)/b27-12+. The summed E-state index contributed by atoms with van der Waals surface area (Å²) in [6.45, 7) is 0.289. The molecule has 1 heterocycles. The summed E-state index contributed by atoms with van der Waals surface area (Å²) in [5, 5.41) is 6.08. The number of hydrazone groups is 1. The van der Waals surface area contributed by atoms with E-state index in [1.54, 1.807) is 36.4 Å². The van der Waals surface area contributed by atoms with Crippen LogP contribution in [0.4, 0.5) is 0 Å². The minimum atomic E-state index is -0.465. The Balaban J connectivity index is 1.40. The van der Waals surface area contributed by atoms with Gasteiger partial charge in [-0.2, -0.15) is 5.10 Å². The van der Waals surface area contributed by atoms with Crippen molar-refractivity contribution < 1.29 is 13.9 Å². The van der Waals surface area contributed by atoms with Crippen molar-refractivity contribution in [1.29, 1.82) is 0 Å². The average molecular weight is 474 g/mol. The van der Waals surface area contributed by atoms with Crippen molar-refractivity contribution in [3.05, 3.63) is 98.7 Å². The molecule has 0 aliphatic carbocycles. The highest BCUT2D eigenvalue weighted by Gasteiger charge is 2.12. The zero-order chi connectivity index (χ0) is 21.8. The SMILES string of the molecule is O=C(N/N=C/c1cc(Cl)c(OCc2ccc(Cl)cc2)c(Cl)c1)c1cc2ccccc2o1. The second-order valence-corrected chi connectivity index (χ2v) is 7.83. The van der Waals surface area contributed by atoms with Gasteiger partial charge in [-0.15, -0.1) is 0 Å². The molecule has 8 heteroatoms. The number of nitrogens with zero attached hydrogens (tertiary/aromatic N) is 1. The lowest BCUT2D eigenvalue weighted by Crippen LogP contribution is -2.16. The molecule has 3 aromatic carbocycles. The maximum atomic E-state index is 12.2. The third-order valence-corrected chi connectivity index (χ3v) is 5.16. The third kappa shape index (κ3) is 5.20. The maximum absolute atomic E-state index is 12.2. The Morgan fingerprint density at radius 2 is 1.71 bits per heavy atom. The minimum Gasteiger partial charge on any atom is -0.486 e. The van der Waals surface area contributed by atoms with Gasteiger partial charge in [0.15, 0.2) is 11.5 Å². The Morgan fingerprint density at radius 3 is 2.42 bits per heavy atom. The number of rotatable bonds is 6. The molecular formula is C23H15Cl3N2O3. The molecule has 0 bridgehead atoms. The average Bonchev–Trinajstić information content (AvgIpc) is 3.19. The van der Waals surface area contributed by atoms with Crippen molar-refractivity contribution in [3.8, 4) is 5.75 Å². The Morgan fingerprint density at radius 1 is 1.00 bits per heavy atom. The van der Waals surface area contributed by atoms with Gasteiger partial charge in [0.05, 0.1) is 16.3 Å². The maximum Gasteiger partial charge on any atom is 0.307 e. The quantitative estimate of drug-likeness (QED) is 0.249. The molecule has 1 aromatic heterocycles. The van der Waals surface area contributed by atoms with Gasteiger partial charge in [0.2, 0.25) is 0 Å². The molecule has 0 aliphatic heterocycles. The van der Waals surface area contributed by atoms with Crippen molar-refractivity contribution in [2.75, 3.05) is 0 Å². The van der Waals surface area contributed by atoms with Gasteiger partial charge in [0, 0.05) is 10.4 Å². The number of para-hydroxylation sites is 1. The topological polar surface area (TPSA) is 63.8 Å². The zero-order valence-electron chi connectivity index (χ0n) is 15.9. The number of hydrogen-bond donors (Lipinski definition) is 1. The van der Waals surface area contributed by atoms with E-state index in [0.29, 0.717) is 32.0 Å². The number of furan rings is 1. The summed E-state index contributed by atoms with van der Waals surface area (Å²) in [4.78, 5) is 12.2. The summed E-state index contributed by atoms with van der Waals surface area (Å²) in [6, 6.07) is 19.6. The van der Waals surface area contributed by atoms with Gasteiger partial charge >= 0.3 is 5.91 Å². The molecule has 0 saturated carbocycles. The number of carbonyl (C=O) groups is 1. The Kier molecular flexibility index (Phi) is 6.47. The van der Waals surface area contributed by atoms with E-state index in [2.05, 4.69) is 10.5 Å². The Bertz CT molecular complexity index is 1210. The predicted octanol–water partition coefficient (Wildman–Crippen LogP) is 6.74. The molecule has 0 aliphatic rings. The Hall–Kier alpha value is -2.99. The summed E-state index contributed by atoms with van der Waals surface area (Å²) in [6.07, 6.45) is 1.43. The van der Waals surface area contributed by atoms with Crippen LogP contribution in [0.25, 0.3) is 11.0 Å². The van der Waals surface area contributed by atoms with E-state index in [0.717, 1.165) is 10.9 Å². The number of halogens is 3. The molecule has 31 heavy (non-hydrogen) atoms. The molecule has 156 valence electrons. The van der Waals surface area contributed by atoms with Crippen molar-refractivity contribution in [1.82, 2.24) is 5.43 Å². The van der Waals surface area contributed by atoms with Gasteiger partial charge in [-0.25, -0.2) is 5.43 Å². The highest BCUT2D eigenvalue weighted by Crippen LogP contribution is 2.34. The minimum absolute atomic E-state index is 0.167. The fourth-order valence-corrected chi connectivity index (χ4v) is 3.58. The summed E-state index contributed by atoms with van der Waals surface area (Å²) in [5.41, 5.74) is 4.57. The summed E-state index contributed by atoms with van der Waals surface area (Å²) >= 11 is 18.5. The molecule has 0 atom stereocenters. The molecule has 4 aromatic rings. The second kappa shape index (κ2) is 9.43. The van der Waals surface area contributed by atoms with Crippen LogP contribution in [0.2, 0.25) is 15.1 Å². The van der Waals surface area contributed by atoms with E-state index in [4.69, 9.17) is 44.0 Å². The normalized spacial score (nSPS) is 11.2. The molecule has 0 radical (unpaired) electrons. The number of carbonyl (C=O) groups excluding carboxylic acids is 1. The molecule has 0 spiro atoms. The van der Waals surface area contributed by atoms with Crippen molar-refractivity contribution in [2.24, 2.45) is 5.10 Å². The smallest absolute Gasteiger partial charge is 0.307 e. The van der Waals surface area contributed by atoms with Crippen LogP contribution in [0.15, 0.2) is 76.2 Å². The van der Waals surface area contributed by atoms with Gasteiger partial charge in [0.25, 0.3) is 0 Å². The first kappa shape index (κ1) is 21.2. The van der Waals surface area contributed by atoms with Crippen LogP contribution in [0.1, 0.15) is 21.7 Å². The first-order valence-corrected chi connectivity index (χ1v) is 10.3. The van der Waals surface area contributed by atoms with Crippen LogP contribution >= 0.6 is 34.8 Å². The molecule has 0 unspecified atom stereocenters. The molecule has 1 amide bonds. The summed E-state index contributed by atoms with van der Waals surface area (Å²) in [5.74, 6) is 0.0645. The molecule has 4 rings (SSSR count). The lowest BCUT2D eigenvalue weighted by molar-refractivity contribution is 0.0929. The number of fused-ring (bicyclic) bond motifs is 1. The van der Waals surface area contributed by atoms with Crippen LogP contribution < -0.4 is 10.2 Å². The first-order valence-electron chi connectivity index (χ1n) is 9.18. The zero-order valence-corrected chi connectivity index (χ0v) is 18.2. The molecule has 0 saturated heterocycles. The monoisotopic (exact) mass is 472 g/mol. The lowest BCUT2D eigenvalue weighted by atomic mass is 10.2. The van der Waals surface area contributed by atoms with Crippen LogP contribution in [-0.2, 0) is 6.61 Å². The van der Waals surface area contributed by atoms with E-state index in [1.807, 2.05) is 30.3 Å². The predicted molar refractivity (Wildman–Crippen MR) is 124 cm³/mol. The number of amides is 1. The summed E-state index contributed by atoms with van der Waals surface area (Å²) < 4.78 is 11.2. The largest absolute Gasteiger partial charge is 0.486 e. The highest BCUT2D eigenvalue weighted by atomic mass is 35.5. The fourth-order valence-electron chi connectivity index (χ4n) is 2.84. The number of ether oxygens (including phenoxy) is 1. The highest BCUT2D eigenvalue weighted by molar-refractivity contribution is 6.37. The van der Waals surface area contributed by atoms with Gasteiger partial charge < -0.3 is 9.15 Å². The van der Waals surface area contributed by atoms with Crippen LogP contribution in [0.3, 0.4) is 0 Å². The molecular weight excluding hydrogens is 459 g/mol. The number of hydrogen-bond acceptors (Lipinski definition) is 4. The van der Waals surface area contributed by atoms with Crippen LogP contribution in [0.5, 0.6) is 5.75 Å². The first-order chi connectivity index (χ1) is 15.0. The number of nitrogens with one attached hydrogen (secondary N) is 1. The lowest BCUT2D eigenvalue weighted by Gasteiger charge is -2.11. The van der Waals surface area contributed by atoms with E-state index >= 15 is 0 Å². The molecule has 0 fully saturated rings. The fraction of sp³-hybridized carbons (Fsp3) is 0.0435. The van der Waals surface area contributed by atoms with Gasteiger partial charge in [-0.3, -0.25) is 4.79 Å². The van der Waals surface area contributed by atoms with Crippen LogP contribution in [0, 0.1) is 0 Å². The van der Waals surface area contributed by atoms with Gasteiger partial charge in [0.1, 0.15) is 12.2 Å². The van der Waals surface area contributed by atoms with Crippen molar-refractivity contribution in [2.45, 2.75) is 6.61 Å². The van der Waals surface area contributed by atoms with E-state index in [1.165, 1.54) is 6.21 Å². The second-order valence-electron chi connectivity index (χ2n) is 6.58. The third-order valence-electron chi connectivity index (χ3n) is 4.35. The van der Waals surface area contributed by atoms with Crippen LogP contribution in [-0.4, -0.2) is 12.1 Å². The van der Waals surface area contributed by atoms with E-state index < -0.39 is 5.91 Å². The van der Waals surface area contributed by atoms with E-state index in [-0.39, 0.29) is 12.4 Å². The molecule has 5 nitrogen and oxygen atoms in total.